The zero-order valence-electron chi connectivity index (χ0n) is 18.0. The molecule has 0 spiro atoms. The summed E-state index contributed by atoms with van der Waals surface area (Å²) in [6, 6.07) is 25.2. The topological polar surface area (TPSA) is 117 Å². The molecule has 0 atom stereocenters. The van der Waals surface area contributed by atoms with Crippen molar-refractivity contribution in [3.8, 4) is 39.6 Å². The van der Waals surface area contributed by atoms with Crippen LogP contribution in [-0.4, -0.2) is 19.5 Å². The molecule has 34 heavy (non-hydrogen) atoms. The number of H-pyrrole nitrogens is 1. The Balaban J connectivity index is 1.82. The number of nitrogens with zero attached hydrogens (tertiary/aromatic N) is 4. The van der Waals surface area contributed by atoms with Gasteiger partial charge in [0.15, 0.2) is 5.65 Å². The van der Waals surface area contributed by atoms with Crippen molar-refractivity contribution in [2.75, 3.05) is 0 Å². The molecule has 3 aromatic carbocycles. The first-order chi connectivity index (χ1) is 16.5. The van der Waals surface area contributed by atoms with Crippen LogP contribution in [0.4, 0.5) is 5.69 Å². The molecule has 0 bridgehead atoms. The van der Waals surface area contributed by atoms with Crippen LogP contribution in [0.3, 0.4) is 0 Å². The van der Waals surface area contributed by atoms with Crippen molar-refractivity contribution in [3.63, 3.8) is 0 Å². The quantitative estimate of drug-likeness (QED) is 0.303. The van der Waals surface area contributed by atoms with Crippen molar-refractivity contribution in [3.05, 3.63) is 111 Å². The van der Waals surface area contributed by atoms with Gasteiger partial charge in [0, 0.05) is 11.6 Å². The fourth-order valence-electron chi connectivity index (χ4n) is 4.14. The molecule has 0 fully saturated rings. The predicted octanol–water partition coefficient (Wildman–Crippen LogP) is 5.11. The van der Waals surface area contributed by atoms with E-state index in [0.717, 1.165) is 22.4 Å². The first-order valence-electron chi connectivity index (χ1n) is 10.4. The van der Waals surface area contributed by atoms with E-state index in [2.05, 4.69) is 5.10 Å². The molecule has 0 saturated carbocycles. The maximum atomic E-state index is 13.7. The number of benzene rings is 3. The number of aromatic nitrogens is 3. The van der Waals surface area contributed by atoms with E-state index in [0.29, 0.717) is 16.9 Å². The molecular weight excluding hydrogens is 430 g/mol. The molecule has 2 heterocycles. The predicted molar refractivity (Wildman–Crippen MR) is 128 cm³/mol. The molecule has 0 unspecified atom stereocenters. The van der Waals surface area contributed by atoms with E-state index in [1.165, 1.54) is 22.7 Å². The Morgan fingerprint density at radius 1 is 0.941 bits per heavy atom. The SMILES string of the molecule is Cc1nc2c(-c3ccccc3)c(-c3ccccc3)[nH]n2c(=O)c1-c1ccc([N+](=O)[O-])c(C#N)c1. The van der Waals surface area contributed by atoms with Gasteiger partial charge >= 0.3 is 0 Å². The van der Waals surface area contributed by atoms with Gasteiger partial charge in [-0.15, -0.1) is 0 Å². The monoisotopic (exact) mass is 447 g/mol. The third-order valence-corrected chi connectivity index (χ3v) is 5.69. The highest BCUT2D eigenvalue weighted by molar-refractivity contribution is 5.91. The average Bonchev–Trinajstić information content (AvgIpc) is 3.24. The normalized spacial score (nSPS) is 10.8. The van der Waals surface area contributed by atoms with Crippen LogP contribution in [-0.2, 0) is 0 Å². The van der Waals surface area contributed by atoms with E-state index in [4.69, 9.17) is 4.98 Å². The number of aromatic amines is 1. The summed E-state index contributed by atoms with van der Waals surface area (Å²) in [6.45, 7) is 1.72. The zero-order chi connectivity index (χ0) is 23.8. The Hall–Kier alpha value is -5.03. The summed E-state index contributed by atoms with van der Waals surface area (Å²) in [5, 5.41) is 23.8. The number of nitriles is 1. The Bertz CT molecular complexity index is 1660. The van der Waals surface area contributed by atoms with Gasteiger partial charge in [0.25, 0.3) is 11.2 Å². The number of hydrogen-bond acceptors (Lipinski definition) is 5. The molecule has 164 valence electrons. The second-order valence-electron chi connectivity index (χ2n) is 7.73. The molecule has 2 aromatic heterocycles. The van der Waals surface area contributed by atoms with Crippen LogP contribution in [0.1, 0.15) is 11.3 Å². The number of hydrogen-bond donors (Lipinski definition) is 1. The van der Waals surface area contributed by atoms with Crippen molar-refractivity contribution in [2.24, 2.45) is 0 Å². The molecule has 0 aliphatic rings. The molecule has 5 aromatic rings. The molecule has 5 rings (SSSR count). The standard InChI is InChI=1S/C26H17N5O3/c1-16-22(19-12-13-21(31(33)34)20(14-19)15-27)26(32)30-25(28-16)23(17-8-4-2-5-9-17)24(29-30)18-10-6-3-7-11-18/h2-14,29H,1H3. The van der Waals surface area contributed by atoms with E-state index >= 15 is 0 Å². The third kappa shape index (κ3) is 3.32. The van der Waals surface area contributed by atoms with Crippen LogP contribution in [0, 0.1) is 28.4 Å². The Labute approximate surface area is 193 Å². The maximum absolute atomic E-state index is 13.7. The van der Waals surface area contributed by atoms with Gasteiger partial charge in [-0.2, -0.15) is 9.78 Å². The fourth-order valence-corrected chi connectivity index (χ4v) is 4.14. The summed E-state index contributed by atoms with van der Waals surface area (Å²) in [4.78, 5) is 29.0. The molecule has 8 heteroatoms. The zero-order valence-corrected chi connectivity index (χ0v) is 18.0. The summed E-state index contributed by atoms with van der Waals surface area (Å²) in [7, 11) is 0. The smallest absolute Gasteiger partial charge is 0.287 e. The van der Waals surface area contributed by atoms with Crippen LogP contribution in [0.15, 0.2) is 83.7 Å². The van der Waals surface area contributed by atoms with Crippen LogP contribution in [0.5, 0.6) is 0 Å². The van der Waals surface area contributed by atoms with E-state index < -0.39 is 4.92 Å². The van der Waals surface area contributed by atoms with Gasteiger partial charge in [0.05, 0.1) is 27.4 Å². The lowest BCUT2D eigenvalue weighted by Crippen LogP contribution is -2.19. The van der Waals surface area contributed by atoms with E-state index in [9.17, 15) is 20.2 Å². The number of nitrogens with one attached hydrogen (secondary N) is 1. The van der Waals surface area contributed by atoms with Gasteiger partial charge in [-0.3, -0.25) is 20.0 Å². The Morgan fingerprint density at radius 3 is 2.21 bits per heavy atom. The van der Waals surface area contributed by atoms with Crippen molar-refractivity contribution in [2.45, 2.75) is 6.92 Å². The van der Waals surface area contributed by atoms with Crippen LogP contribution in [0.25, 0.3) is 39.2 Å². The number of aryl methyl sites for hydroxylation is 1. The Kier molecular flexibility index (Phi) is 5.00. The molecule has 0 aliphatic heterocycles. The van der Waals surface area contributed by atoms with Gasteiger partial charge in [0.1, 0.15) is 11.6 Å². The average molecular weight is 447 g/mol. The van der Waals surface area contributed by atoms with Crippen LogP contribution in [0.2, 0.25) is 0 Å². The molecule has 0 saturated heterocycles. The summed E-state index contributed by atoms with van der Waals surface area (Å²) < 4.78 is 1.39. The lowest BCUT2D eigenvalue weighted by atomic mass is 10.0. The van der Waals surface area contributed by atoms with Crippen LogP contribution >= 0.6 is 0 Å². The lowest BCUT2D eigenvalue weighted by molar-refractivity contribution is -0.385. The summed E-state index contributed by atoms with van der Waals surface area (Å²) >= 11 is 0. The summed E-state index contributed by atoms with van der Waals surface area (Å²) in [5.74, 6) is 0. The molecule has 8 nitrogen and oxygen atoms in total. The maximum Gasteiger partial charge on any atom is 0.287 e. The molecule has 0 amide bonds. The van der Waals surface area contributed by atoms with E-state index in [-0.39, 0.29) is 22.4 Å². The number of fused-ring (bicyclic) bond motifs is 1. The van der Waals surface area contributed by atoms with Gasteiger partial charge < -0.3 is 0 Å². The first-order valence-corrected chi connectivity index (χ1v) is 10.4. The first kappa shape index (κ1) is 20.8. The van der Waals surface area contributed by atoms with E-state index in [1.54, 1.807) is 6.92 Å². The van der Waals surface area contributed by atoms with Gasteiger partial charge in [-0.25, -0.2) is 4.98 Å². The molecule has 1 N–H and O–H groups in total. The summed E-state index contributed by atoms with van der Waals surface area (Å²) in [6.07, 6.45) is 0. The minimum atomic E-state index is -0.618. The number of nitro groups is 1. The fraction of sp³-hybridized carbons (Fsp3) is 0.0385. The van der Waals surface area contributed by atoms with E-state index in [1.807, 2.05) is 66.7 Å². The van der Waals surface area contributed by atoms with Gasteiger partial charge in [-0.05, 0) is 30.2 Å². The Morgan fingerprint density at radius 2 is 1.59 bits per heavy atom. The second kappa shape index (κ2) is 8.15. The highest BCUT2D eigenvalue weighted by Gasteiger charge is 2.22. The molecule has 0 radical (unpaired) electrons. The lowest BCUT2D eigenvalue weighted by Gasteiger charge is -2.07. The minimum Gasteiger partial charge on any atom is -0.288 e. The largest absolute Gasteiger partial charge is 0.288 e. The number of nitro benzene ring substituents is 1. The molecular formula is C26H17N5O3. The number of rotatable bonds is 4. The second-order valence-corrected chi connectivity index (χ2v) is 7.73. The van der Waals surface area contributed by atoms with Gasteiger partial charge in [-0.1, -0.05) is 60.7 Å². The third-order valence-electron chi connectivity index (χ3n) is 5.69. The van der Waals surface area contributed by atoms with Crippen molar-refractivity contribution < 1.29 is 4.92 Å². The molecule has 0 aliphatic carbocycles. The van der Waals surface area contributed by atoms with Gasteiger partial charge in [0.2, 0.25) is 0 Å². The summed E-state index contributed by atoms with van der Waals surface area (Å²) in [5.41, 5.74) is 4.14. The van der Waals surface area contributed by atoms with Crippen molar-refractivity contribution >= 4 is 11.3 Å². The highest BCUT2D eigenvalue weighted by atomic mass is 16.6. The minimum absolute atomic E-state index is 0.118. The van der Waals surface area contributed by atoms with Crippen molar-refractivity contribution in [1.82, 2.24) is 14.6 Å². The van der Waals surface area contributed by atoms with Crippen molar-refractivity contribution in [1.29, 1.82) is 5.26 Å². The highest BCUT2D eigenvalue weighted by Crippen LogP contribution is 2.35. The van der Waals surface area contributed by atoms with Crippen LogP contribution < -0.4 is 5.56 Å².